The molecule has 2 nitrogen and oxygen atoms in total. The Morgan fingerprint density at radius 1 is 1.26 bits per heavy atom. The first-order chi connectivity index (χ1) is 9.19. The molecule has 2 aromatic rings. The van der Waals surface area contributed by atoms with Crippen LogP contribution in [0.25, 0.3) is 0 Å². The molecular weight excluding hydrogens is 324 g/mol. The van der Waals surface area contributed by atoms with E-state index < -0.39 is 0 Å². The van der Waals surface area contributed by atoms with E-state index in [-0.39, 0.29) is 0 Å². The summed E-state index contributed by atoms with van der Waals surface area (Å²) in [5.41, 5.74) is 2.38. The molecule has 0 bridgehead atoms. The second kappa shape index (κ2) is 7.04. The normalized spacial score (nSPS) is 12.4. The number of rotatable bonds is 5. The first kappa shape index (κ1) is 14.5. The van der Waals surface area contributed by atoms with Crippen LogP contribution in [0.5, 0.6) is 0 Å². The van der Waals surface area contributed by atoms with Crippen molar-refractivity contribution in [2.24, 2.45) is 0 Å². The average Bonchev–Trinajstić information content (AvgIpc) is 2.40. The van der Waals surface area contributed by atoms with E-state index in [0.29, 0.717) is 6.04 Å². The molecule has 0 radical (unpaired) electrons. The van der Waals surface area contributed by atoms with Gasteiger partial charge in [-0.1, -0.05) is 29.8 Å². The van der Waals surface area contributed by atoms with Gasteiger partial charge < -0.3 is 5.32 Å². The minimum absolute atomic E-state index is 0.344. The molecule has 0 amide bonds. The second-order valence-corrected chi connectivity index (χ2v) is 5.82. The molecule has 2 rings (SSSR count). The highest BCUT2D eigenvalue weighted by Crippen LogP contribution is 2.18. The number of hydrogen-bond acceptors (Lipinski definition) is 2. The minimum Gasteiger partial charge on any atom is -0.316 e. The molecule has 0 aliphatic heterocycles. The molecule has 0 spiro atoms. The van der Waals surface area contributed by atoms with Crippen LogP contribution in [0.4, 0.5) is 0 Å². The Bertz CT molecular complexity index is 545. The zero-order chi connectivity index (χ0) is 13.7. The lowest BCUT2D eigenvalue weighted by Crippen LogP contribution is -2.30. The largest absolute Gasteiger partial charge is 0.316 e. The fourth-order valence-electron chi connectivity index (χ4n) is 2.06. The SMILES string of the molecule is CNC(Cc1cncc(Br)c1)Cc1ccccc1Cl. The van der Waals surface area contributed by atoms with E-state index in [1.54, 1.807) is 6.20 Å². The number of aromatic nitrogens is 1. The molecule has 0 fully saturated rings. The van der Waals surface area contributed by atoms with Crippen molar-refractivity contribution in [2.75, 3.05) is 7.05 Å². The lowest BCUT2D eigenvalue weighted by molar-refractivity contribution is 0.555. The maximum atomic E-state index is 6.21. The number of benzene rings is 1. The number of nitrogens with one attached hydrogen (secondary N) is 1. The molecule has 1 aromatic heterocycles. The number of hydrogen-bond donors (Lipinski definition) is 1. The summed E-state index contributed by atoms with van der Waals surface area (Å²) >= 11 is 9.65. The van der Waals surface area contributed by atoms with Crippen molar-refractivity contribution in [3.63, 3.8) is 0 Å². The highest BCUT2D eigenvalue weighted by Gasteiger charge is 2.10. The molecule has 1 heterocycles. The highest BCUT2D eigenvalue weighted by molar-refractivity contribution is 9.10. The van der Waals surface area contributed by atoms with E-state index in [9.17, 15) is 0 Å². The molecule has 0 aliphatic rings. The number of pyridine rings is 1. The van der Waals surface area contributed by atoms with Crippen LogP contribution in [0.1, 0.15) is 11.1 Å². The van der Waals surface area contributed by atoms with Crippen molar-refractivity contribution in [1.82, 2.24) is 10.3 Å². The maximum absolute atomic E-state index is 6.21. The van der Waals surface area contributed by atoms with Gasteiger partial charge in [-0.2, -0.15) is 0 Å². The quantitative estimate of drug-likeness (QED) is 0.894. The number of nitrogens with zero attached hydrogens (tertiary/aromatic N) is 1. The van der Waals surface area contributed by atoms with Crippen molar-refractivity contribution in [1.29, 1.82) is 0 Å². The van der Waals surface area contributed by atoms with Crippen LogP contribution in [-0.4, -0.2) is 18.1 Å². The van der Waals surface area contributed by atoms with E-state index in [1.807, 2.05) is 31.4 Å². The van der Waals surface area contributed by atoms with E-state index in [4.69, 9.17) is 11.6 Å². The van der Waals surface area contributed by atoms with Gasteiger partial charge in [-0.25, -0.2) is 0 Å². The van der Waals surface area contributed by atoms with Gasteiger partial charge in [0.1, 0.15) is 0 Å². The molecule has 0 aliphatic carbocycles. The standard InChI is InChI=1S/C15H16BrClN2/c1-18-14(7-11-6-13(16)10-19-9-11)8-12-4-2-3-5-15(12)17/h2-6,9-10,14,18H,7-8H2,1H3. The van der Waals surface area contributed by atoms with Gasteiger partial charge in [0.05, 0.1) is 0 Å². The molecular formula is C15H16BrClN2. The van der Waals surface area contributed by atoms with E-state index in [1.165, 1.54) is 11.1 Å². The third-order valence-electron chi connectivity index (χ3n) is 3.08. The van der Waals surface area contributed by atoms with Crippen LogP contribution in [0.3, 0.4) is 0 Å². The zero-order valence-electron chi connectivity index (χ0n) is 10.7. The van der Waals surface area contributed by atoms with E-state index >= 15 is 0 Å². The third kappa shape index (κ3) is 4.30. The van der Waals surface area contributed by atoms with Gasteiger partial charge in [0.15, 0.2) is 0 Å². The zero-order valence-corrected chi connectivity index (χ0v) is 13.1. The Morgan fingerprint density at radius 2 is 2.05 bits per heavy atom. The summed E-state index contributed by atoms with van der Waals surface area (Å²) in [7, 11) is 1.98. The van der Waals surface area contributed by atoms with Gasteiger partial charge >= 0.3 is 0 Å². The van der Waals surface area contributed by atoms with Gasteiger partial charge in [0, 0.05) is 27.9 Å². The van der Waals surface area contributed by atoms with E-state index in [0.717, 1.165) is 22.3 Å². The minimum atomic E-state index is 0.344. The summed E-state index contributed by atoms with van der Waals surface area (Å²) in [6.07, 6.45) is 5.53. The van der Waals surface area contributed by atoms with Gasteiger partial charge in [-0.15, -0.1) is 0 Å². The second-order valence-electron chi connectivity index (χ2n) is 4.50. The van der Waals surface area contributed by atoms with Crippen LogP contribution >= 0.6 is 27.5 Å². The van der Waals surface area contributed by atoms with Gasteiger partial charge in [0.25, 0.3) is 0 Å². The molecule has 1 atom stereocenters. The summed E-state index contributed by atoms with van der Waals surface area (Å²) < 4.78 is 1.01. The summed E-state index contributed by atoms with van der Waals surface area (Å²) in [6, 6.07) is 10.4. The molecule has 1 unspecified atom stereocenters. The van der Waals surface area contributed by atoms with Crippen molar-refractivity contribution in [2.45, 2.75) is 18.9 Å². The predicted octanol–water partition coefficient (Wildman–Crippen LogP) is 3.87. The van der Waals surface area contributed by atoms with Crippen molar-refractivity contribution in [3.05, 3.63) is 63.3 Å². The average molecular weight is 340 g/mol. The van der Waals surface area contributed by atoms with Crippen molar-refractivity contribution in [3.8, 4) is 0 Å². The molecule has 1 aromatic carbocycles. The highest BCUT2D eigenvalue weighted by atomic mass is 79.9. The molecule has 4 heteroatoms. The number of likely N-dealkylation sites (N-methyl/N-ethyl adjacent to an activating group) is 1. The van der Waals surface area contributed by atoms with Crippen LogP contribution in [0.2, 0.25) is 5.02 Å². The molecule has 19 heavy (non-hydrogen) atoms. The topological polar surface area (TPSA) is 24.9 Å². The Morgan fingerprint density at radius 3 is 2.74 bits per heavy atom. The Balaban J connectivity index is 2.07. The lowest BCUT2D eigenvalue weighted by Gasteiger charge is -2.17. The molecule has 0 saturated heterocycles. The van der Waals surface area contributed by atoms with Crippen LogP contribution < -0.4 is 5.32 Å². The summed E-state index contributed by atoms with van der Waals surface area (Å²) in [5.74, 6) is 0. The fourth-order valence-corrected chi connectivity index (χ4v) is 2.68. The Hall–Kier alpha value is -0.900. The molecule has 100 valence electrons. The van der Waals surface area contributed by atoms with Crippen LogP contribution in [0, 0.1) is 0 Å². The Labute approximate surface area is 127 Å². The third-order valence-corrected chi connectivity index (χ3v) is 3.88. The summed E-state index contributed by atoms with van der Waals surface area (Å²) in [4.78, 5) is 4.20. The number of halogens is 2. The van der Waals surface area contributed by atoms with Crippen LogP contribution in [0.15, 0.2) is 47.2 Å². The Kier molecular flexibility index (Phi) is 5.37. The lowest BCUT2D eigenvalue weighted by atomic mass is 10.00. The summed E-state index contributed by atoms with van der Waals surface area (Å²) in [6.45, 7) is 0. The smallest absolute Gasteiger partial charge is 0.0438 e. The first-order valence-electron chi connectivity index (χ1n) is 6.19. The molecule has 1 N–H and O–H groups in total. The van der Waals surface area contributed by atoms with Crippen molar-refractivity contribution >= 4 is 27.5 Å². The van der Waals surface area contributed by atoms with Crippen molar-refractivity contribution < 1.29 is 0 Å². The van der Waals surface area contributed by atoms with E-state index in [2.05, 4.69) is 38.4 Å². The molecule has 0 saturated carbocycles. The first-order valence-corrected chi connectivity index (χ1v) is 7.36. The predicted molar refractivity (Wildman–Crippen MR) is 83.6 cm³/mol. The monoisotopic (exact) mass is 338 g/mol. The summed E-state index contributed by atoms with van der Waals surface area (Å²) in [5, 5.41) is 4.17. The van der Waals surface area contributed by atoms with Gasteiger partial charge in [-0.3, -0.25) is 4.98 Å². The van der Waals surface area contributed by atoms with Gasteiger partial charge in [0.2, 0.25) is 0 Å². The van der Waals surface area contributed by atoms with Crippen LogP contribution in [-0.2, 0) is 12.8 Å². The van der Waals surface area contributed by atoms with Gasteiger partial charge in [-0.05, 0) is 59.1 Å². The maximum Gasteiger partial charge on any atom is 0.0438 e. The fraction of sp³-hybridized carbons (Fsp3) is 0.267.